The summed E-state index contributed by atoms with van der Waals surface area (Å²) in [5, 5.41) is 19.3. The number of halogens is 1. The Balaban J connectivity index is 1.85. The van der Waals surface area contributed by atoms with Gasteiger partial charge < -0.3 is 5.73 Å². The average Bonchev–Trinajstić information content (AvgIpc) is 3.25. The maximum absolute atomic E-state index is 12.6. The maximum Gasteiger partial charge on any atom is 0.293 e. The summed E-state index contributed by atoms with van der Waals surface area (Å²) in [5.41, 5.74) is 10.5. The molecule has 3 aromatic rings. The van der Waals surface area contributed by atoms with Crippen molar-refractivity contribution in [2.45, 2.75) is 26.7 Å². The molecule has 27 heavy (non-hydrogen) atoms. The minimum absolute atomic E-state index is 0.0627. The van der Waals surface area contributed by atoms with Gasteiger partial charge in [0.25, 0.3) is 5.91 Å². The lowest BCUT2D eigenvalue weighted by Gasteiger charge is -2.05. The van der Waals surface area contributed by atoms with E-state index in [9.17, 15) is 4.79 Å². The number of nitrogens with two attached hydrogens (primary N) is 1. The lowest BCUT2D eigenvalue weighted by atomic mass is 10.1. The standard InChI is InChI=1S/C16H17BrN8O2/c1-3-5-12-13(20-24-25(12)15-14(18)22-27-23-15)16(26)21-19-9(2)10-6-4-7-11(17)8-10/h4,6-8H,3,5H2,1-2H3,(H2,18,22)(H,21,26)/b19-9-. The first-order valence-electron chi connectivity index (χ1n) is 8.14. The summed E-state index contributed by atoms with van der Waals surface area (Å²) in [6.45, 7) is 3.77. The molecule has 10 nitrogen and oxygen atoms in total. The van der Waals surface area contributed by atoms with E-state index in [1.54, 1.807) is 6.92 Å². The quantitative estimate of drug-likeness (QED) is 0.449. The molecule has 2 heterocycles. The van der Waals surface area contributed by atoms with Crippen LogP contribution in [0, 0.1) is 0 Å². The van der Waals surface area contributed by atoms with Crippen LogP contribution in [-0.4, -0.2) is 36.9 Å². The second-order valence-electron chi connectivity index (χ2n) is 5.67. The normalized spacial score (nSPS) is 11.6. The van der Waals surface area contributed by atoms with Gasteiger partial charge in [-0.05, 0) is 41.4 Å². The molecule has 0 atom stereocenters. The Morgan fingerprint density at radius 2 is 2.22 bits per heavy atom. The number of anilines is 1. The molecule has 140 valence electrons. The predicted molar refractivity (Wildman–Crippen MR) is 101 cm³/mol. The van der Waals surface area contributed by atoms with Crippen LogP contribution in [0.2, 0.25) is 0 Å². The summed E-state index contributed by atoms with van der Waals surface area (Å²) < 4.78 is 6.88. The molecule has 0 saturated heterocycles. The van der Waals surface area contributed by atoms with Crippen LogP contribution in [0.5, 0.6) is 0 Å². The van der Waals surface area contributed by atoms with Gasteiger partial charge in [-0.3, -0.25) is 4.79 Å². The van der Waals surface area contributed by atoms with Crippen LogP contribution < -0.4 is 11.2 Å². The van der Waals surface area contributed by atoms with E-state index in [-0.39, 0.29) is 17.3 Å². The molecule has 3 rings (SSSR count). The van der Waals surface area contributed by atoms with Crippen molar-refractivity contribution in [3.8, 4) is 5.82 Å². The molecule has 0 radical (unpaired) electrons. The second-order valence-corrected chi connectivity index (χ2v) is 6.58. The highest BCUT2D eigenvalue weighted by Gasteiger charge is 2.23. The van der Waals surface area contributed by atoms with Gasteiger partial charge >= 0.3 is 0 Å². The van der Waals surface area contributed by atoms with E-state index in [1.165, 1.54) is 4.68 Å². The number of hydrogen-bond acceptors (Lipinski definition) is 8. The summed E-state index contributed by atoms with van der Waals surface area (Å²) in [6, 6.07) is 7.61. The zero-order valence-electron chi connectivity index (χ0n) is 14.7. The molecule has 0 aliphatic carbocycles. The van der Waals surface area contributed by atoms with Gasteiger partial charge in [-0.15, -0.1) is 5.10 Å². The molecule has 0 saturated carbocycles. The highest BCUT2D eigenvalue weighted by Crippen LogP contribution is 2.17. The summed E-state index contributed by atoms with van der Waals surface area (Å²) >= 11 is 3.41. The minimum Gasteiger partial charge on any atom is -0.378 e. The number of aromatic nitrogens is 5. The van der Waals surface area contributed by atoms with Crippen molar-refractivity contribution in [2.75, 3.05) is 5.73 Å². The number of hydrazone groups is 1. The predicted octanol–water partition coefficient (Wildman–Crippen LogP) is 2.10. The first-order valence-corrected chi connectivity index (χ1v) is 8.94. The largest absolute Gasteiger partial charge is 0.378 e. The first-order chi connectivity index (χ1) is 13.0. The molecule has 0 aliphatic rings. The molecule has 2 aromatic heterocycles. The van der Waals surface area contributed by atoms with Crippen LogP contribution in [0.15, 0.2) is 38.5 Å². The summed E-state index contributed by atoms with van der Waals surface area (Å²) in [6.07, 6.45) is 1.30. The van der Waals surface area contributed by atoms with Crippen molar-refractivity contribution in [3.63, 3.8) is 0 Å². The van der Waals surface area contributed by atoms with Crippen LogP contribution in [-0.2, 0) is 6.42 Å². The number of amides is 1. The van der Waals surface area contributed by atoms with Crippen LogP contribution >= 0.6 is 15.9 Å². The SMILES string of the molecule is CCCc1c(C(=O)N/N=C(/C)c2cccc(Br)c2)nnn1-c1nonc1N. The Bertz CT molecular complexity index is 994. The Morgan fingerprint density at radius 1 is 1.41 bits per heavy atom. The Labute approximate surface area is 162 Å². The lowest BCUT2D eigenvalue weighted by Crippen LogP contribution is -2.21. The van der Waals surface area contributed by atoms with Crippen molar-refractivity contribution in [3.05, 3.63) is 45.7 Å². The molecule has 0 unspecified atom stereocenters. The van der Waals surface area contributed by atoms with Gasteiger partial charge in [0.2, 0.25) is 11.6 Å². The van der Waals surface area contributed by atoms with E-state index in [0.717, 1.165) is 16.5 Å². The number of nitrogen functional groups attached to an aromatic ring is 1. The third-order valence-electron chi connectivity index (χ3n) is 3.73. The van der Waals surface area contributed by atoms with Gasteiger partial charge in [-0.2, -0.15) is 9.78 Å². The van der Waals surface area contributed by atoms with Gasteiger partial charge in [0.05, 0.1) is 11.4 Å². The highest BCUT2D eigenvalue weighted by molar-refractivity contribution is 9.10. The zero-order chi connectivity index (χ0) is 19.4. The Morgan fingerprint density at radius 3 is 2.89 bits per heavy atom. The van der Waals surface area contributed by atoms with Gasteiger partial charge in [0, 0.05) is 4.47 Å². The number of nitrogens with zero attached hydrogens (tertiary/aromatic N) is 6. The fourth-order valence-electron chi connectivity index (χ4n) is 2.41. The summed E-state index contributed by atoms with van der Waals surface area (Å²) in [7, 11) is 0. The minimum atomic E-state index is -0.478. The number of nitrogens with one attached hydrogen (secondary N) is 1. The molecule has 0 aliphatic heterocycles. The number of carbonyl (C=O) groups is 1. The van der Waals surface area contributed by atoms with E-state index < -0.39 is 5.91 Å². The number of benzene rings is 1. The molecule has 1 amide bonds. The van der Waals surface area contributed by atoms with Crippen LogP contribution in [0.1, 0.15) is 42.0 Å². The van der Waals surface area contributed by atoms with E-state index in [1.807, 2.05) is 31.2 Å². The number of hydrogen-bond donors (Lipinski definition) is 2. The topological polar surface area (TPSA) is 137 Å². The molecule has 0 spiro atoms. The number of carbonyl (C=O) groups excluding carboxylic acids is 1. The van der Waals surface area contributed by atoms with E-state index >= 15 is 0 Å². The summed E-state index contributed by atoms with van der Waals surface area (Å²) in [4.78, 5) is 12.6. The van der Waals surface area contributed by atoms with Crippen LogP contribution in [0.4, 0.5) is 5.82 Å². The zero-order valence-corrected chi connectivity index (χ0v) is 16.3. The molecule has 1 aromatic carbocycles. The smallest absolute Gasteiger partial charge is 0.293 e. The van der Waals surface area contributed by atoms with E-state index in [2.05, 4.69) is 51.7 Å². The van der Waals surface area contributed by atoms with Gasteiger partial charge in [0.15, 0.2) is 5.69 Å². The van der Waals surface area contributed by atoms with Gasteiger partial charge in [-0.25, -0.2) is 10.1 Å². The average molecular weight is 433 g/mol. The third-order valence-corrected chi connectivity index (χ3v) is 4.22. The van der Waals surface area contributed by atoms with Crippen molar-refractivity contribution >= 4 is 33.4 Å². The van der Waals surface area contributed by atoms with Gasteiger partial charge in [0.1, 0.15) is 0 Å². The van der Waals surface area contributed by atoms with Crippen molar-refractivity contribution in [1.82, 2.24) is 30.7 Å². The third kappa shape index (κ3) is 4.03. The van der Waals surface area contributed by atoms with Crippen molar-refractivity contribution in [1.29, 1.82) is 0 Å². The fraction of sp³-hybridized carbons (Fsp3) is 0.250. The molecule has 3 N–H and O–H groups in total. The molecule has 0 fully saturated rings. The van der Waals surface area contributed by atoms with Crippen molar-refractivity contribution < 1.29 is 9.42 Å². The van der Waals surface area contributed by atoms with Gasteiger partial charge in [-0.1, -0.05) is 46.6 Å². The monoisotopic (exact) mass is 432 g/mol. The molecular formula is C16H17BrN8O2. The molecule has 11 heteroatoms. The Hall–Kier alpha value is -3.08. The van der Waals surface area contributed by atoms with Crippen LogP contribution in [0.3, 0.4) is 0 Å². The van der Waals surface area contributed by atoms with E-state index in [4.69, 9.17) is 5.73 Å². The fourth-order valence-corrected chi connectivity index (χ4v) is 2.81. The lowest BCUT2D eigenvalue weighted by molar-refractivity contribution is 0.0948. The summed E-state index contributed by atoms with van der Waals surface area (Å²) in [5.74, 6) is -0.222. The van der Waals surface area contributed by atoms with Crippen molar-refractivity contribution in [2.24, 2.45) is 5.10 Å². The maximum atomic E-state index is 12.6. The first kappa shape index (κ1) is 18.7. The van der Waals surface area contributed by atoms with E-state index in [0.29, 0.717) is 17.8 Å². The molecule has 0 bridgehead atoms. The molecular weight excluding hydrogens is 416 g/mol. The highest BCUT2D eigenvalue weighted by atomic mass is 79.9. The second kappa shape index (κ2) is 8.08. The Kier molecular flexibility index (Phi) is 5.60. The number of rotatable bonds is 6. The van der Waals surface area contributed by atoms with Crippen LogP contribution in [0.25, 0.3) is 5.82 Å².